The second-order valence-corrected chi connectivity index (χ2v) is 8.06. The molecule has 0 radical (unpaired) electrons. The Labute approximate surface area is 151 Å². The van der Waals surface area contributed by atoms with Gasteiger partial charge in [0.05, 0.1) is 5.39 Å². The molecule has 3 nitrogen and oxygen atoms in total. The van der Waals surface area contributed by atoms with Gasteiger partial charge in [-0.25, -0.2) is 14.4 Å². The van der Waals surface area contributed by atoms with Gasteiger partial charge < -0.3 is 4.90 Å². The number of aryl methyl sites for hydroxylation is 2. The third kappa shape index (κ3) is 2.91. The Bertz CT molecular complexity index is 917. The molecule has 0 spiro atoms. The number of benzene rings is 1. The van der Waals surface area contributed by atoms with Crippen LogP contribution in [0.1, 0.15) is 36.9 Å². The van der Waals surface area contributed by atoms with Gasteiger partial charge in [0.2, 0.25) is 0 Å². The minimum atomic E-state index is -0.210. The van der Waals surface area contributed by atoms with Crippen LogP contribution in [-0.4, -0.2) is 22.6 Å². The van der Waals surface area contributed by atoms with Gasteiger partial charge in [-0.3, -0.25) is 0 Å². The molecule has 0 bridgehead atoms. The number of fused-ring (bicyclic) bond motifs is 1. The first-order valence-corrected chi connectivity index (χ1v) is 9.66. The van der Waals surface area contributed by atoms with Gasteiger partial charge in [0, 0.05) is 23.0 Å². The first-order valence-electron chi connectivity index (χ1n) is 8.85. The van der Waals surface area contributed by atoms with E-state index in [2.05, 4.69) is 23.7 Å². The normalized spacial score (nSPS) is 18.1. The molecule has 1 atom stereocenters. The first kappa shape index (κ1) is 16.5. The van der Waals surface area contributed by atoms with Gasteiger partial charge in [-0.15, -0.1) is 11.3 Å². The lowest BCUT2D eigenvalue weighted by Gasteiger charge is -2.35. The highest BCUT2D eigenvalue weighted by molar-refractivity contribution is 7.19. The Morgan fingerprint density at radius 1 is 1.12 bits per heavy atom. The summed E-state index contributed by atoms with van der Waals surface area (Å²) in [4.78, 5) is 14.2. The van der Waals surface area contributed by atoms with Crippen LogP contribution in [0.4, 0.5) is 10.2 Å². The highest BCUT2D eigenvalue weighted by Gasteiger charge is 2.25. The molecule has 130 valence electrons. The molecule has 0 N–H and O–H groups in total. The fourth-order valence-electron chi connectivity index (χ4n) is 3.78. The summed E-state index contributed by atoms with van der Waals surface area (Å²) >= 11 is 1.70. The van der Waals surface area contributed by atoms with Crippen molar-refractivity contribution in [1.29, 1.82) is 0 Å². The van der Waals surface area contributed by atoms with Gasteiger partial charge in [-0.2, -0.15) is 0 Å². The third-order valence-electron chi connectivity index (χ3n) is 5.03. The van der Waals surface area contributed by atoms with Crippen molar-refractivity contribution in [3.05, 3.63) is 40.8 Å². The maximum atomic E-state index is 13.4. The van der Waals surface area contributed by atoms with Gasteiger partial charge in [0.1, 0.15) is 22.3 Å². The fourth-order valence-corrected chi connectivity index (χ4v) is 4.87. The number of hydrogen-bond donors (Lipinski definition) is 0. The Balaban J connectivity index is 1.97. The second-order valence-electron chi connectivity index (χ2n) is 6.85. The smallest absolute Gasteiger partial charge is 0.141 e. The van der Waals surface area contributed by atoms with Crippen LogP contribution in [0.5, 0.6) is 0 Å². The SMILES string of the molecule is Cc1nc(N2CCCCC2C)c2c(-c3ccc(F)cc3)c(C)sc2n1. The minimum Gasteiger partial charge on any atom is -0.353 e. The molecule has 1 saturated heterocycles. The minimum absolute atomic E-state index is 0.210. The lowest BCUT2D eigenvalue weighted by atomic mass is 10.0. The number of hydrogen-bond acceptors (Lipinski definition) is 4. The van der Waals surface area contributed by atoms with E-state index in [1.807, 2.05) is 19.1 Å². The molecule has 5 heteroatoms. The van der Waals surface area contributed by atoms with Crippen molar-refractivity contribution >= 4 is 27.4 Å². The number of anilines is 1. The molecule has 1 aliphatic rings. The maximum absolute atomic E-state index is 13.4. The number of aromatic nitrogens is 2. The zero-order valence-corrected chi connectivity index (χ0v) is 15.7. The van der Waals surface area contributed by atoms with Gasteiger partial charge in [-0.1, -0.05) is 12.1 Å². The maximum Gasteiger partial charge on any atom is 0.141 e. The van der Waals surface area contributed by atoms with E-state index in [0.29, 0.717) is 6.04 Å². The number of nitrogens with zero attached hydrogens (tertiary/aromatic N) is 3. The zero-order valence-electron chi connectivity index (χ0n) is 14.8. The third-order valence-corrected chi connectivity index (χ3v) is 6.03. The van der Waals surface area contributed by atoms with Crippen molar-refractivity contribution in [2.24, 2.45) is 0 Å². The number of halogens is 1. The monoisotopic (exact) mass is 355 g/mol. The van der Waals surface area contributed by atoms with Crippen molar-refractivity contribution < 1.29 is 4.39 Å². The summed E-state index contributed by atoms with van der Waals surface area (Å²) in [6, 6.07) is 7.24. The van der Waals surface area contributed by atoms with Crippen LogP contribution in [0.3, 0.4) is 0 Å². The second kappa shape index (κ2) is 6.37. The average molecular weight is 355 g/mol. The van der Waals surface area contributed by atoms with E-state index in [4.69, 9.17) is 4.98 Å². The van der Waals surface area contributed by atoms with Crippen LogP contribution in [0.15, 0.2) is 24.3 Å². The van der Waals surface area contributed by atoms with Crippen LogP contribution >= 0.6 is 11.3 Å². The highest BCUT2D eigenvalue weighted by Crippen LogP contribution is 2.42. The van der Waals surface area contributed by atoms with Gasteiger partial charge >= 0.3 is 0 Å². The van der Waals surface area contributed by atoms with Crippen LogP contribution in [0, 0.1) is 19.7 Å². The predicted octanol–water partition coefficient (Wildman–Crippen LogP) is 5.49. The summed E-state index contributed by atoms with van der Waals surface area (Å²) in [5.41, 5.74) is 2.18. The van der Waals surface area contributed by atoms with E-state index in [1.54, 1.807) is 11.3 Å². The van der Waals surface area contributed by atoms with E-state index in [-0.39, 0.29) is 5.82 Å². The average Bonchev–Trinajstić information content (AvgIpc) is 2.91. The molecule has 4 rings (SSSR count). The molecule has 25 heavy (non-hydrogen) atoms. The summed E-state index contributed by atoms with van der Waals surface area (Å²) in [6.45, 7) is 7.39. The summed E-state index contributed by atoms with van der Waals surface area (Å²) in [5.74, 6) is 1.64. The van der Waals surface area contributed by atoms with E-state index in [9.17, 15) is 4.39 Å². The lowest BCUT2D eigenvalue weighted by molar-refractivity contribution is 0.482. The summed E-state index contributed by atoms with van der Waals surface area (Å²) in [7, 11) is 0. The molecule has 2 aromatic heterocycles. The van der Waals surface area contributed by atoms with E-state index >= 15 is 0 Å². The van der Waals surface area contributed by atoms with E-state index < -0.39 is 0 Å². The Hall–Kier alpha value is -2.01. The van der Waals surface area contributed by atoms with Gasteiger partial charge in [-0.05, 0) is 57.7 Å². The molecular weight excluding hydrogens is 333 g/mol. The molecule has 0 saturated carbocycles. The molecule has 1 unspecified atom stereocenters. The van der Waals surface area contributed by atoms with Gasteiger partial charge in [0.25, 0.3) is 0 Å². The van der Waals surface area contributed by atoms with Crippen LogP contribution in [-0.2, 0) is 0 Å². The quantitative estimate of drug-likeness (QED) is 0.608. The Morgan fingerprint density at radius 2 is 1.88 bits per heavy atom. The Kier molecular flexibility index (Phi) is 4.20. The number of rotatable bonds is 2. The molecule has 1 aromatic carbocycles. The van der Waals surface area contributed by atoms with Crippen LogP contribution in [0.25, 0.3) is 21.3 Å². The highest BCUT2D eigenvalue weighted by atomic mass is 32.1. The molecule has 3 aromatic rings. The summed E-state index contributed by atoms with van der Waals surface area (Å²) < 4.78 is 13.4. The predicted molar refractivity (Wildman–Crippen MR) is 103 cm³/mol. The van der Waals surface area contributed by atoms with Crippen molar-refractivity contribution in [3.8, 4) is 11.1 Å². The molecule has 1 aliphatic heterocycles. The largest absolute Gasteiger partial charge is 0.353 e. The van der Waals surface area contributed by atoms with E-state index in [1.165, 1.54) is 36.3 Å². The summed E-state index contributed by atoms with van der Waals surface area (Å²) in [5, 5.41) is 1.12. The van der Waals surface area contributed by atoms with E-state index in [0.717, 1.165) is 39.5 Å². The Morgan fingerprint density at radius 3 is 2.60 bits per heavy atom. The van der Waals surface area contributed by atoms with Crippen molar-refractivity contribution in [3.63, 3.8) is 0 Å². The summed E-state index contributed by atoms with van der Waals surface area (Å²) in [6.07, 6.45) is 3.67. The molecule has 0 amide bonds. The standard InChI is InChI=1S/C20H22FN3S/c1-12-6-4-5-11-24(12)19-18-17(15-7-9-16(21)10-8-15)13(2)25-20(18)23-14(3)22-19/h7-10,12H,4-6,11H2,1-3H3. The van der Waals surface area contributed by atoms with Crippen LogP contribution < -0.4 is 4.90 Å². The van der Waals surface area contributed by atoms with Crippen molar-refractivity contribution in [2.75, 3.05) is 11.4 Å². The molecule has 3 heterocycles. The molecule has 0 aliphatic carbocycles. The fraction of sp³-hybridized carbons (Fsp3) is 0.400. The van der Waals surface area contributed by atoms with Crippen LogP contribution in [0.2, 0.25) is 0 Å². The lowest BCUT2D eigenvalue weighted by Crippen LogP contribution is -2.38. The first-order chi connectivity index (χ1) is 12.0. The molecular formula is C20H22FN3S. The van der Waals surface area contributed by atoms with Crippen molar-refractivity contribution in [1.82, 2.24) is 9.97 Å². The number of piperidine rings is 1. The van der Waals surface area contributed by atoms with Gasteiger partial charge in [0.15, 0.2) is 0 Å². The van der Waals surface area contributed by atoms with Crippen molar-refractivity contribution in [2.45, 2.75) is 46.1 Å². The molecule has 1 fully saturated rings. The number of thiophene rings is 1. The topological polar surface area (TPSA) is 29.0 Å². The zero-order chi connectivity index (χ0) is 17.6.